The van der Waals surface area contributed by atoms with Crippen LogP contribution in [-0.4, -0.2) is 40.6 Å². The van der Waals surface area contributed by atoms with Gasteiger partial charge in [0.2, 0.25) is 17.7 Å². The highest BCUT2D eigenvalue weighted by molar-refractivity contribution is 6.09. The number of likely N-dealkylation sites (tertiary alicyclic amines) is 1. The Bertz CT molecular complexity index is 614. The molecular weight excluding hydrogens is 286 g/mol. The number of primary amides is 1. The van der Waals surface area contributed by atoms with Crippen molar-refractivity contribution in [2.45, 2.75) is 31.8 Å². The van der Waals surface area contributed by atoms with E-state index in [-0.39, 0.29) is 18.7 Å². The molecule has 1 heterocycles. The van der Waals surface area contributed by atoms with Crippen molar-refractivity contribution in [2.75, 3.05) is 0 Å². The fourth-order valence-electron chi connectivity index (χ4n) is 2.32. The van der Waals surface area contributed by atoms with Crippen LogP contribution in [-0.2, 0) is 25.6 Å². The van der Waals surface area contributed by atoms with E-state index >= 15 is 0 Å². The van der Waals surface area contributed by atoms with Crippen LogP contribution in [0.4, 0.5) is 0 Å². The molecule has 1 saturated heterocycles. The van der Waals surface area contributed by atoms with Gasteiger partial charge in [-0.2, -0.15) is 0 Å². The normalized spacial score (nSPS) is 19.1. The minimum atomic E-state index is -1.02. The number of benzene rings is 1. The van der Waals surface area contributed by atoms with Gasteiger partial charge in [0.05, 0.1) is 12.8 Å². The Balaban J connectivity index is 1.99. The molecule has 1 fully saturated rings. The number of nitrogens with one attached hydrogen (secondary N) is 1. The quantitative estimate of drug-likeness (QED) is 0.704. The standard InChI is InChI=1S/C15H17N3O4/c1-9(14(16)21)18-13(20)8-11(15(18)22)17-12(19)7-10-5-3-2-4-6-10/h2-6,9,11H,7-8H2,1H3,(H2,16,21)(H,17,19). The average molecular weight is 303 g/mol. The van der Waals surface area contributed by atoms with E-state index < -0.39 is 29.8 Å². The summed E-state index contributed by atoms with van der Waals surface area (Å²) in [5.41, 5.74) is 5.92. The Kier molecular flexibility index (Phi) is 4.55. The largest absolute Gasteiger partial charge is 0.368 e. The third-order valence-corrected chi connectivity index (χ3v) is 3.52. The molecule has 3 N–H and O–H groups in total. The summed E-state index contributed by atoms with van der Waals surface area (Å²) in [5.74, 6) is -2.23. The molecule has 2 atom stereocenters. The number of nitrogens with zero attached hydrogens (tertiary/aromatic N) is 1. The van der Waals surface area contributed by atoms with Crippen molar-refractivity contribution in [3.05, 3.63) is 35.9 Å². The van der Waals surface area contributed by atoms with E-state index in [9.17, 15) is 19.2 Å². The molecule has 2 unspecified atom stereocenters. The molecule has 0 bridgehead atoms. The number of carbonyl (C=O) groups is 4. The van der Waals surface area contributed by atoms with Crippen molar-refractivity contribution in [2.24, 2.45) is 5.73 Å². The monoisotopic (exact) mass is 303 g/mol. The van der Waals surface area contributed by atoms with E-state index in [2.05, 4.69) is 5.32 Å². The number of carbonyl (C=O) groups excluding carboxylic acids is 4. The molecule has 1 aliphatic rings. The molecule has 22 heavy (non-hydrogen) atoms. The lowest BCUT2D eigenvalue weighted by atomic mass is 10.1. The number of imide groups is 1. The number of amides is 4. The third-order valence-electron chi connectivity index (χ3n) is 3.52. The van der Waals surface area contributed by atoms with Crippen molar-refractivity contribution < 1.29 is 19.2 Å². The van der Waals surface area contributed by atoms with Crippen LogP contribution in [0.15, 0.2) is 30.3 Å². The fourth-order valence-corrected chi connectivity index (χ4v) is 2.32. The molecule has 0 radical (unpaired) electrons. The zero-order valence-corrected chi connectivity index (χ0v) is 12.1. The molecule has 1 aromatic carbocycles. The second-order valence-electron chi connectivity index (χ2n) is 5.17. The van der Waals surface area contributed by atoms with Crippen LogP contribution in [0.2, 0.25) is 0 Å². The van der Waals surface area contributed by atoms with Gasteiger partial charge in [-0.3, -0.25) is 24.1 Å². The molecule has 116 valence electrons. The van der Waals surface area contributed by atoms with Crippen LogP contribution in [0.25, 0.3) is 0 Å². The second kappa shape index (κ2) is 6.38. The van der Waals surface area contributed by atoms with Gasteiger partial charge in [-0.1, -0.05) is 30.3 Å². The first-order valence-electron chi connectivity index (χ1n) is 6.88. The summed E-state index contributed by atoms with van der Waals surface area (Å²) < 4.78 is 0. The van der Waals surface area contributed by atoms with Gasteiger partial charge in [0.1, 0.15) is 12.1 Å². The molecule has 1 aliphatic heterocycles. The van der Waals surface area contributed by atoms with E-state index in [1.165, 1.54) is 6.92 Å². The van der Waals surface area contributed by atoms with E-state index in [0.717, 1.165) is 10.5 Å². The molecule has 0 aromatic heterocycles. The van der Waals surface area contributed by atoms with E-state index in [1.54, 1.807) is 12.1 Å². The summed E-state index contributed by atoms with van der Waals surface area (Å²) in [4.78, 5) is 47.9. The molecule has 0 aliphatic carbocycles. The van der Waals surface area contributed by atoms with Crippen molar-refractivity contribution in [3.8, 4) is 0 Å². The van der Waals surface area contributed by atoms with Gasteiger partial charge in [0, 0.05) is 0 Å². The molecule has 7 heteroatoms. The van der Waals surface area contributed by atoms with Gasteiger partial charge < -0.3 is 11.1 Å². The molecule has 1 aromatic rings. The summed E-state index contributed by atoms with van der Waals surface area (Å²) >= 11 is 0. The number of hydrogen-bond donors (Lipinski definition) is 2. The van der Waals surface area contributed by atoms with Crippen LogP contribution in [0.5, 0.6) is 0 Å². The maximum Gasteiger partial charge on any atom is 0.253 e. The van der Waals surface area contributed by atoms with Crippen LogP contribution in [0.1, 0.15) is 18.9 Å². The van der Waals surface area contributed by atoms with Crippen LogP contribution in [0, 0.1) is 0 Å². The third kappa shape index (κ3) is 3.30. The van der Waals surface area contributed by atoms with Gasteiger partial charge in [-0.15, -0.1) is 0 Å². The molecule has 7 nitrogen and oxygen atoms in total. The van der Waals surface area contributed by atoms with Crippen molar-refractivity contribution >= 4 is 23.6 Å². The molecular formula is C15H17N3O4. The maximum atomic E-state index is 12.1. The lowest BCUT2D eigenvalue weighted by Crippen LogP contribution is -2.49. The van der Waals surface area contributed by atoms with Gasteiger partial charge in [-0.25, -0.2) is 0 Å². The van der Waals surface area contributed by atoms with Gasteiger partial charge in [0.25, 0.3) is 5.91 Å². The first-order chi connectivity index (χ1) is 10.4. The Morgan fingerprint density at radius 2 is 1.95 bits per heavy atom. The highest BCUT2D eigenvalue weighted by Gasteiger charge is 2.43. The fraction of sp³-hybridized carbons (Fsp3) is 0.333. The topological polar surface area (TPSA) is 110 Å². The van der Waals surface area contributed by atoms with Crippen molar-refractivity contribution in [3.63, 3.8) is 0 Å². The van der Waals surface area contributed by atoms with Crippen molar-refractivity contribution in [1.82, 2.24) is 10.2 Å². The summed E-state index contributed by atoms with van der Waals surface area (Å²) in [7, 11) is 0. The smallest absolute Gasteiger partial charge is 0.253 e. The van der Waals surface area contributed by atoms with E-state index in [4.69, 9.17) is 5.73 Å². The van der Waals surface area contributed by atoms with Crippen LogP contribution in [0.3, 0.4) is 0 Å². The SMILES string of the molecule is CC(C(N)=O)N1C(=O)CC(NC(=O)Cc2ccccc2)C1=O. The van der Waals surface area contributed by atoms with E-state index in [0.29, 0.717) is 0 Å². The number of nitrogens with two attached hydrogens (primary N) is 1. The minimum absolute atomic E-state index is 0.115. The predicted molar refractivity (Wildman–Crippen MR) is 77.2 cm³/mol. The summed E-state index contributed by atoms with van der Waals surface area (Å²) in [6.07, 6.45) is -0.0405. The molecule has 0 saturated carbocycles. The predicted octanol–water partition coefficient (Wildman–Crippen LogP) is -0.653. The second-order valence-corrected chi connectivity index (χ2v) is 5.17. The Morgan fingerprint density at radius 1 is 1.32 bits per heavy atom. The number of rotatable bonds is 5. The first kappa shape index (κ1) is 15.7. The zero-order chi connectivity index (χ0) is 16.3. The highest BCUT2D eigenvalue weighted by Crippen LogP contribution is 2.16. The van der Waals surface area contributed by atoms with Gasteiger partial charge in [-0.05, 0) is 12.5 Å². The first-order valence-corrected chi connectivity index (χ1v) is 6.88. The molecule has 2 rings (SSSR count). The Hall–Kier alpha value is -2.70. The summed E-state index contributed by atoms with van der Waals surface area (Å²) in [6, 6.07) is 7.09. The van der Waals surface area contributed by atoms with Crippen molar-refractivity contribution in [1.29, 1.82) is 0 Å². The summed E-state index contributed by atoms with van der Waals surface area (Å²) in [6.45, 7) is 1.38. The average Bonchev–Trinajstić information content (AvgIpc) is 2.73. The molecule has 4 amide bonds. The highest BCUT2D eigenvalue weighted by atomic mass is 16.2. The lowest BCUT2D eigenvalue weighted by molar-refractivity contribution is -0.146. The zero-order valence-electron chi connectivity index (χ0n) is 12.1. The Labute approximate surface area is 127 Å². The number of hydrogen-bond acceptors (Lipinski definition) is 4. The van der Waals surface area contributed by atoms with Crippen LogP contribution >= 0.6 is 0 Å². The lowest BCUT2D eigenvalue weighted by Gasteiger charge is -2.20. The Morgan fingerprint density at radius 3 is 2.55 bits per heavy atom. The summed E-state index contributed by atoms with van der Waals surface area (Å²) in [5, 5.41) is 2.53. The maximum absolute atomic E-state index is 12.1. The van der Waals surface area contributed by atoms with Crippen LogP contribution < -0.4 is 11.1 Å². The van der Waals surface area contributed by atoms with E-state index in [1.807, 2.05) is 18.2 Å². The van der Waals surface area contributed by atoms with Gasteiger partial charge >= 0.3 is 0 Å². The minimum Gasteiger partial charge on any atom is -0.368 e. The molecule has 0 spiro atoms. The van der Waals surface area contributed by atoms with Gasteiger partial charge in [0.15, 0.2) is 0 Å².